The number of hydrogen-bond donors (Lipinski definition) is 1. The average Bonchev–Trinajstić information content (AvgIpc) is 2.58. The van der Waals surface area contributed by atoms with Crippen LogP contribution >= 0.6 is 11.3 Å². The molecule has 0 atom stereocenters. The summed E-state index contributed by atoms with van der Waals surface area (Å²) < 4.78 is 38.8. The number of nitrogen functional groups attached to an aromatic ring is 1. The Hall–Kier alpha value is -1.56. The molecule has 6 heteroatoms. The van der Waals surface area contributed by atoms with Crippen LogP contribution in [0.25, 0.3) is 11.3 Å². The van der Waals surface area contributed by atoms with Crippen LogP contribution in [0.2, 0.25) is 0 Å². The minimum Gasteiger partial charge on any atom is -0.389 e. The SMILES string of the molecule is Nc1scnc1-c1cc(F)c(F)cc1F. The molecule has 0 aliphatic carbocycles. The summed E-state index contributed by atoms with van der Waals surface area (Å²) in [6, 6.07) is 1.22. The van der Waals surface area contributed by atoms with Crippen molar-refractivity contribution in [2.45, 2.75) is 0 Å². The fourth-order valence-electron chi connectivity index (χ4n) is 1.16. The summed E-state index contributed by atoms with van der Waals surface area (Å²) in [5.74, 6) is -3.24. The lowest BCUT2D eigenvalue weighted by Gasteiger charge is -2.01. The van der Waals surface area contributed by atoms with Gasteiger partial charge in [0.2, 0.25) is 0 Å². The highest BCUT2D eigenvalue weighted by atomic mass is 32.1. The molecule has 2 N–H and O–H groups in total. The van der Waals surface area contributed by atoms with E-state index in [0.717, 1.165) is 17.4 Å². The number of benzene rings is 1. The Morgan fingerprint density at radius 3 is 2.33 bits per heavy atom. The van der Waals surface area contributed by atoms with Gasteiger partial charge in [-0.15, -0.1) is 11.3 Å². The summed E-state index contributed by atoms with van der Waals surface area (Å²) in [6.45, 7) is 0. The molecule has 0 amide bonds. The van der Waals surface area contributed by atoms with E-state index in [1.54, 1.807) is 0 Å². The lowest BCUT2D eigenvalue weighted by Crippen LogP contribution is -1.93. The highest BCUT2D eigenvalue weighted by molar-refractivity contribution is 7.14. The molecule has 0 aliphatic rings. The van der Waals surface area contributed by atoms with E-state index in [-0.39, 0.29) is 16.3 Å². The molecule has 0 radical (unpaired) electrons. The molecule has 2 aromatic rings. The van der Waals surface area contributed by atoms with E-state index in [1.165, 1.54) is 5.51 Å². The minimum absolute atomic E-state index is 0.132. The number of rotatable bonds is 1. The molecule has 1 heterocycles. The van der Waals surface area contributed by atoms with Gasteiger partial charge in [0.15, 0.2) is 11.6 Å². The monoisotopic (exact) mass is 230 g/mol. The molecule has 0 bridgehead atoms. The van der Waals surface area contributed by atoms with E-state index < -0.39 is 17.5 Å². The van der Waals surface area contributed by atoms with Crippen molar-refractivity contribution in [1.29, 1.82) is 0 Å². The highest BCUT2D eigenvalue weighted by Crippen LogP contribution is 2.30. The third kappa shape index (κ3) is 1.68. The van der Waals surface area contributed by atoms with Crippen molar-refractivity contribution in [3.63, 3.8) is 0 Å². The van der Waals surface area contributed by atoms with Crippen molar-refractivity contribution in [1.82, 2.24) is 4.98 Å². The lowest BCUT2D eigenvalue weighted by atomic mass is 10.1. The second-order valence-electron chi connectivity index (χ2n) is 2.81. The summed E-state index contributed by atoms with van der Waals surface area (Å²) in [7, 11) is 0. The van der Waals surface area contributed by atoms with Crippen LogP contribution in [0, 0.1) is 17.5 Å². The van der Waals surface area contributed by atoms with E-state index in [2.05, 4.69) is 4.98 Å². The van der Waals surface area contributed by atoms with Crippen molar-refractivity contribution in [2.24, 2.45) is 0 Å². The van der Waals surface area contributed by atoms with Gasteiger partial charge in [0, 0.05) is 11.6 Å². The van der Waals surface area contributed by atoms with Crippen molar-refractivity contribution in [3.8, 4) is 11.3 Å². The Balaban J connectivity index is 2.64. The van der Waals surface area contributed by atoms with Gasteiger partial charge in [0.1, 0.15) is 16.5 Å². The molecular formula is C9H5F3N2S. The molecule has 2 nitrogen and oxygen atoms in total. The van der Waals surface area contributed by atoms with Crippen molar-refractivity contribution in [2.75, 3.05) is 5.73 Å². The zero-order valence-corrected chi connectivity index (χ0v) is 8.12. The molecule has 0 fully saturated rings. The molecule has 1 aromatic carbocycles. The summed E-state index contributed by atoms with van der Waals surface area (Å²) >= 11 is 1.10. The molecule has 0 saturated heterocycles. The second-order valence-corrected chi connectivity index (χ2v) is 3.70. The molecule has 78 valence electrons. The van der Waals surface area contributed by atoms with Gasteiger partial charge in [-0.2, -0.15) is 0 Å². The van der Waals surface area contributed by atoms with E-state index in [9.17, 15) is 13.2 Å². The minimum atomic E-state index is -1.23. The third-order valence-corrected chi connectivity index (χ3v) is 2.52. The lowest BCUT2D eigenvalue weighted by molar-refractivity contribution is 0.496. The second kappa shape index (κ2) is 3.54. The molecule has 0 saturated carbocycles. The maximum atomic E-state index is 13.3. The van der Waals surface area contributed by atoms with Crippen LogP contribution in [-0.4, -0.2) is 4.98 Å². The maximum Gasteiger partial charge on any atom is 0.161 e. The number of nitrogens with zero attached hydrogens (tertiary/aromatic N) is 1. The van der Waals surface area contributed by atoms with E-state index in [4.69, 9.17) is 5.73 Å². The van der Waals surface area contributed by atoms with E-state index in [1.807, 2.05) is 0 Å². The largest absolute Gasteiger partial charge is 0.389 e. The molecule has 15 heavy (non-hydrogen) atoms. The van der Waals surface area contributed by atoms with Gasteiger partial charge in [-0.3, -0.25) is 0 Å². The van der Waals surface area contributed by atoms with Crippen LogP contribution in [0.4, 0.5) is 18.2 Å². The van der Waals surface area contributed by atoms with Gasteiger partial charge in [0.05, 0.1) is 5.51 Å². The van der Waals surface area contributed by atoms with Crippen molar-refractivity contribution >= 4 is 16.3 Å². The van der Waals surface area contributed by atoms with E-state index >= 15 is 0 Å². The molecule has 2 rings (SSSR count). The smallest absolute Gasteiger partial charge is 0.161 e. The Morgan fingerprint density at radius 2 is 1.73 bits per heavy atom. The van der Waals surface area contributed by atoms with Crippen molar-refractivity contribution < 1.29 is 13.2 Å². The molecule has 0 aliphatic heterocycles. The first-order chi connectivity index (χ1) is 7.09. The normalized spacial score (nSPS) is 10.6. The Morgan fingerprint density at radius 1 is 1.07 bits per heavy atom. The average molecular weight is 230 g/mol. The van der Waals surface area contributed by atoms with Crippen LogP contribution in [0.5, 0.6) is 0 Å². The van der Waals surface area contributed by atoms with Gasteiger partial charge in [-0.25, -0.2) is 18.2 Å². The number of anilines is 1. The predicted octanol–water partition coefficient (Wildman–Crippen LogP) is 2.81. The van der Waals surface area contributed by atoms with Crippen LogP contribution in [0.15, 0.2) is 17.6 Å². The summed E-state index contributed by atoms with van der Waals surface area (Å²) in [5.41, 5.74) is 6.91. The number of halogens is 3. The first-order valence-electron chi connectivity index (χ1n) is 3.93. The molecule has 0 unspecified atom stereocenters. The quantitative estimate of drug-likeness (QED) is 0.765. The summed E-state index contributed by atoms with van der Waals surface area (Å²) in [6.07, 6.45) is 0. The zero-order chi connectivity index (χ0) is 11.0. The van der Waals surface area contributed by atoms with Crippen LogP contribution < -0.4 is 5.73 Å². The van der Waals surface area contributed by atoms with Crippen LogP contribution in [0.3, 0.4) is 0 Å². The number of thiazole rings is 1. The fraction of sp³-hybridized carbons (Fsp3) is 0. The predicted molar refractivity (Wildman–Crippen MR) is 51.8 cm³/mol. The molecule has 1 aromatic heterocycles. The highest BCUT2D eigenvalue weighted by Gasteiger charge is 2.15. The Kier molecular flexibility index (Phi) is 2.36. The first kappa shape index (κ1) is 9.97. The van der Waals surface area contributed by atoms with Gasteiger partial charge in [0.25, 0.3) is 0 Å². The Bertz CT molecular complexity index is 510. The summed E-state index contributed by atoms with van der Waals surface area (Å²) in [5, 5.41) is 0.264. The number of hydrogen-bond acceptors (Lipinski definition) is 3. The zero-order valence-electron chi connectivity index (χ0n) is 7.30. The number of aromatic nitrogens is 1. The molecule has 0 spiro atoms. The first-order valence-corrected chi connectivity index (χ1v) is 4.81. The van der Waals surface area contributed by atoms with Crippen LogP contribution in [0.1, 0.15) is 0 Å². The standard InChI is InChI=1S/C9H5F3N2S/c10-5-2-7(12)6(11)1-4(5)8-9(13)15-3-14-8/h1-3H,13H2. The maximum absolute atomic E-state index is 13.3. The van der Waals surface area contributed by atoms with Gasteiger partial charge in [-0.1, -0.05) is 0 Å². The van der Waals surface area contributed by atoms with Gasteiger partial charge >= 0.3 is 0 Å². The fourth-order valence-corrected chi connectivity index (χ4v) is 1.71. The topological polar surface area (TPSA) is 38.9 Å². The summed E-state index contributed by atoms with van der Waals surface area (Å²) in [4.78, 5) is 3.78. The van der Waals surface area contributed by atoms with Crippen molar-refractivity contribution in [3.05, 3.63) is 35.1 Å². The van der Waals surface area contributed by atoms with Crippen LogP contribution in [-0.2, 0) is 0 Å². The third-order valence-electron chi connectivity index (χ3n) is 1.86. The Labute approximate surface area is 87.2 Å². The van der Waals surface area contributed by atoms with Gasteiger partial charge < -0.3 is 5.73 Å². The number of nitrogens with two attached hydrogens (primary N) is 1. The van der Waals surface area contributed by atoms with Gasteiger partial charge in [-0.05, 0) is 6.07 Å². The molecular weight excluding hydrogens is 225 g/mol. The van der Waals surface area contributed by atoms with E-state index in [0.29, 0.717) is 6.07 Å².